The monoisotopic (exact) mass is 416 g/mol. The molecule has 1 fully saturated rings. The number of rotatable bonds is 4. The van der Waals surface area contributed by atoms with Crippen LogP contribution in [0.1, 0.15) is 36.8 Å². The third kappa shape index (κ3) is 4.34. The van der Waals surface area contributed by atoms with Crippen LogP contribution in [0.4, 0.5) is 32.0 Å². The van der Waals surface area contributed by atoms with Crippen molar-refractivity contribution in [2.24, 2.45) is 5.92 Å². The third-order valence-electron chi connectivity index (χ3n) is 4.85. The number of halogens is 6. The molecule has 3 rings (SSSR count). The van der Waals surface area contributed by atoms with Crippen LogP contribution < -0.4 is 5.32 Å². The van der Waals surface area contributed by atoms with Crippen LogP contribution in [0.5, 0.6) is 0 Å². The van der Waals surface area contributed by atoms with Crippen molar-refractivity contribution in [3.63, 3.8) is 0 Å². The Hall–Kier alpha value is -1.49. The molecule has 1 atom stereocenters. The second-order valence-electron chi connectivity index (χ2n) is 6.93. The molecule has 1 aliphatic carbocycles. The highest BCUT2D eigenvalue weighted by atomic mass is 32.2. The van der Waals surface area contributed by atoms with E-state index in [9.17, 15) is 34.8 Å². The second kappa shape index (κ2) is 6.84. The van der Waals surface area contributed by atoms with Crippen LogP contribution in [0.3, 0.4) is 0 Å². The number of benzene rings is 1. The molecule has 1 N–H and O–H groups in total. The van der Waals surface area contributed by atoms with E-state index >= 15 is 0 Å². The van der Waals surface area contributed by atoms with E-state index < -0.39 is 52.0 Å². The topological polar surface area (TPSA) is 49.4 Å². The van der Waals surface area contributed by atoms with Gasteiger partial charge in [0.2, 0.25) is 0 Å². The number of alkyl halides is 6. The lowest BCUT2D eigenvalue weighted by atomic mass is 10.0. The largest absolute Gasteiger partial charge is 0.511 e. The summed E-state index contributed by atoms with van der Waals surface area (Å²) in [4.78, 5) is 0. The van der Waals surface area contributed by atoms with Crippen molar-refractivity contribution in [1.82, 2.24) is 4.31 Å². The first kappa shape index (κ1) is 20.2. The summed E-state index contributed by atoms with van der Waals surface area (Å²) in [5, 5.41) is 2.84. The Morgan fingerprint density at radius 1 is 1.07 bits per heavy atom. The van der Waals surface area contributed by atoms with Gasteiger partial charge in [-0.3, -0.25) is 0 Å². The summed E-state index contributed by atoms with van der Waals surface area (Å²) in [6.45, 7) is -1.53. The molecule has 1 saturated carbocycles. The van der Waals surface area contributed by atoms with Crippen LogP contribution in [0.25, 0.3) is 0 Å². The zero-order valence-corrected chi connectivity index (χ0v) is 14.9. The number of nitrogens with zero attached hydrogens (tertiary/aromatic N) is 1. The van der Waals surface area contributed by atoms with E-state index in [4.69, 9.17) is 0 Å². The predicted molar refractivity (Wildman–Crippen MR) is 86.2 cm³/mol. The van der Waals surface area contributed by atoms with Gasteiger partial charge in [-0.2, -0.15) is 30.6 Å². The molecule has 4 nitrogen and oxygen atoms in total. The SMILES string of the molecule is O=S(=O)(N1Cc2c(cccc2C(F)(F)F)NC(CCC2CC2)C1)C(F)(F)F. The highest BCUT2D eigenvalue weighted by Gasteiger charge is 2.51. The van der Waals surface area contributed by atoms with Gasteiger partial charge in [0.25, 0.3) is 0 Å². The summed E-state index contributed by atoms with van der Waals surface area (Å²) >= 11 is 0. The van der Waals surface area contributed by atoms with Crippen molar-refractivity contribution in [3.8, 4) is 0 Å². The number of nitrogens with one attached hydrogen (secondary N) is 1. The standard InChI is InChI=1S/C16H18F6N2O2S/c17-15(18,19)13-2-1-3-14-12(13)9-24(27(25,26)16(20,21)22)8-11(23-14)7-6-10-4-5-10/h1-3,10-11,23H,4-9H2. The first-order valence-electron chi connectivity index (χ1n) is 8.41. The van der Waals surface area contributed by atoms with Crippen LogP contribution in [0.15, 0.2) is 18.2 Å². The molecule has 0 amide bonds. The average Bonchev–Trinajstić information content (AvgIpc) is 3.35. The minimum atomic E-state index is -5.76. The summed E-state index contributed by atoms with van der Waals surface area (Å²) in [7, 11) is -5.76. The van der Waals surface area contributed by atoms with Gasteiger partial charge in [-0.05, 0) is 30.9 Å². The Kier molecular flexibility index (Phi) is 5.13. The van der Waals surface area contributed by atoms with Crippen molar-refractivity contribution in [2.75, 3.05) is 11.9 Å². The Morgan fingerprint density at radius 3 is 2.30 bits per heavy atom. The lowest BCUT2D eigenvalue weighted by Gasteiger charge is -2.25. The number of hydrogen-bond acceptors (Lipinski definition) is 3. The molecule has 0 aromatic heterocycles. The van der Waals surface area contributed by atoms with Crippen LogP contribution in [0, 0.1) is 5.92 Å². The Balaban J connectivity index is 2.01. The third-order valence-corrected chi connectivity index (χ3v) is 6.40. The average molecular weight is 416 g/mol. The molecule has 27 heavy (non-hydrogen) atoms. The zero-order chi connectivity index (χ0) is 20.0. The summed E-state index contributed by atoms with van der Waals surface area (Å²) in [5.41, 5.74) is -7.19. The summed E-state index contributed by atoms with van der Waals surface area (Å²) in [5.74, 6) is 0.448. The maximum atomic E-state index is 13.3. The number of sulfonamides is 1. The fourth-order valence-electron chi connectivity index (χ4n) is 3.25. The molecule has 1 aromatic rings. The van der Waals surface area contributed by atoms with Crippen LogP contribution in [-0.2, 0) is 22.7 Å². The molecule has 1 aliphatic heterocycles. The summed E-state index contributed by atoms with van der Waals surface area (Å²) in [6.07, 6.45) is -1.73. The van der Waals surface area contributed by atoms with Crippen molar-refractivity contribution in [2.45, 2.75) is 50.0 Å². The highest BCUT2D eigenvalue weighted by Crippen LogP contribution is 2.40. The molecule has 0 saturated heterocycles. The fraction of sp³-hybridized carbons (Fsp3) is 0.625. The van der Waals surface area contributed by atoms with E-state index in [1.165, 1.54) is 6.07 Å². The smallest absolute Gasteiger partial charge is 0.381 e. The molecular formula is C16H18F6N2O2S. The lowest BCUT2D eigenvalue weighted by Crippen LogP contribution is -2.44. The highest BCUT2D eigenvalue weighted by molar-refractivity contribution is 7.89. The molecular weight excluding hydrogens is 398 g/mol. The summed E-state index contributed by atoms with van der Waals surface area (Å²) < 4.78 is 103. The molecule has 1 unspecified atom stereocenters. The quantitative estimate of drug-likeness (QED) is 0.743. The van der Waals surface area contributed by atoms with Crippen molar-refractivity contribution in [1.29, 1.82) is 0 Å². The van der Waals surface area contributed by atoms with E-state index in [1.807, 2.05) is 0 Å². The fourth-order valence-corrected chi connectivity index (χ4v) is 4.21. The summed E-state index contributed by atoms with van der Waals surface area (Å²) in [6, 6.07) is 2.52. The molecule has 0 bridgehead atoms. The Labute approximate surface area is 152 Å². The van der Waals surface area contributed by atoms with E-state index in [-0.39, 0.29) is 9.99 Å². The molecule has 11 heteroatoms. The molecule has 2 aliphatic rings. The van der Waals surface area contributed by atoms with Gasteiger partial charge in [0.15, 0.2) is 0 Å². The number of hydrogen-bond donors (Lipinski definition) is 1. The molecule has 0 radical (unpaired) electrons. The van der Waals surface area contributed by atoms with E-state index in [1.54, 1.807) is 0 Å². The molecule has 1 heterocycles. The second-order valence-corrected chi connectivity index (χ2v) is 8.86. The minimum absolute atomic E-state index is 0.0190. The van der Waals surface area contributed by atoms with Gasteiger partial charge in [-0.25, -0.2) is 8.42 Å². The first-order chi connectivity index (χ1) is 12.4. The molecule has 1 aromatic carbocycles. The van der Waals surface area contributed by atoms with Gasteiger partial charge in [-0.15, -0.1) is 0 Å². The van der Waals surface area contributed by atoms with Gasteiger partial charge in [0.1, 0.15) is 0 Å². The first-order valence-corrected chi connectivity index (χ1v) is 9.85. The Bertz CT molecular complexity index is 802. The van der Waals surface area contributed by atoms with Crippen LogP contribution in [0.2, 0.25) is 0 Å². The van der Waals surface area contributed by atoms with Crippen molar-refractivity contribution in [3.05, 3.63) is 29.3 Å². The maximum absolute atomic E-state index is 13.3. The minimum Gasteiger partial charge on any atom is -0.381 e. The van der Waals surface area contributed by atoms with Gasteiger partial charge in [0.05, 0.1) is 5.56 Å². The van der Waals surface area contributed by atoms with Crippen molar-refractivity contribution >= 4 is 15.7 Å². The molecule has 0 spiro atoms. The van der Waals surface area contributed by atoms with Gasteiger partial charge in [-0.1, -0.05) is 18.9 Å². The van der Waals surface area contributed by atoms with Crippen LogP contribution >= 0.6 is 0 Å². The van der Waals surface area contributed by atoms with E-state index in [0.717, 1.165) is 25.0 Å². The number of anilines is 1. The van der Waals surface area contributed by atoms with Crippen molar-refractivity contribution < 1.29 is 34.8 Å². The maximum Gasteiger partial charge on any atom is 0.511 e. The molecule has 152 valence electrons. The predicted octanol–water partition coefficient (Wildman–Crippen LogP) is 4.34. The van der Waals surface area contributed by atoms with Gasteiger partial charge < -0.3 is 5.32 Å². The lowest BCUT2D eigenvalue weighted by molar-refractivity contribution is -0.138. The normalized spacial score (nSPS) is 22.1. The van der Waals surface area contributed by atoms with Gasteiger partial charge in [0, 0.05) is 30.4 Å². The number of fused-ring (bicyclic) bond motifs is 1. The van der Waals surface area contributed by atoms with E-state index in [0.29, 0.717) is 18.8 Å². The van der Waals surface area contributed by atoms with Crippen LogP contribution in [-0.4, -0.2) is 30.8 Å². The van der Waals surface area contributed by atoms with E-state index in [2.05, 4.69) is 5.32 Å². The Morgan fingerprint density at radius 2 is 1.74 bits per heavy atom. The zero-order valence-electron chi connectivity index (χ0n) is 14.1. The van der Waals surface area contributed by atoms with Gasteiger partial charge >= 0.3 is 21.7 Å².